The summed E-state index contributed by atoms with van der Waals surface area (Å²) in [6.07, 6.45) is 4.00. The van der Waals surface area contributed by atoms with E-state index in [-0.39, 0.29) is 5.91 Å². The fourth-order valence-electron chi connectivity index (χ4n) is 4.78. The minimum atomic E-state index is 0.00499. The zero-order chi connectivity index (χ0) is 21.4. The predicted octanol–water partition coefficient (Wildman–Crippen LogP) is 3.34. The van der Waals surface area contributed by atoms with E-state index in [1.807, 2.05) is 4.90 Å². The second kappa shape index (κ2) is 8.02. The molecule has 0 aliphatic carbocycles. The van der Waals surface area contributed by atoms with E-state index < -0.39 is 0 Å². The lowest BCUT2D eigenvalue weighted by molar-refractivity contribution is -0.126. The molecule has 6 nitrogen and oxygen atoms in total. The van der Waals surface area contributed by atoms with Crippen LogP contribution in [-0.2, 0) is 17.8 Å². The molecule has 2 aliphatic heterocycles. The van der Waals surface area contributed by atoms with Crippen LogP contribution in [-0.4, -0.2) is 53.5 Å². The number of hydrogen-bond donors (Lipinski definition) is 0. The number of nitrogens with zero attached hydrogens (tertiary/aromatic N) is 5. The first-order chi connectivity index (χ1) is 15.1. The maximum Gasteiger partial charge on any atom is 0.246 e. The Balaban J connectivity index is 1.40. The lowest BCUT2D eigenvalue weighted by Crippen LogP contribution is -2.49. The minimum Gasteiger partial charge on any atom is -0.365 e. The average molecular weight is 414 g/mol. The van der Waals surface area contributed by atoms with Crippen LogP contribution in [0.3, 0.4) is 0 Å². The molecule has 0 unspecified atom stereocenters. The molecule has 31 heavy (non-hydrogen) atoms. The highest BCUT2D eigenvalue weighted by molar-refractivity contribution is 5.95. The van der Waals surface area contributed by atoms with Crippen LogP contribution in [0.1, 0.15) is 16.8 Å². The van der Waals surface area contributed by atoms with Gasteiger partial charge in [-0.05, 0) is 36.4 Å². The highest BCUT2D eigenvalue weighted by Crippen LogP contribution is 2.33. The number of carbonyl (C=O) groups excluding carboxylic acids is 1. The lowest BCUT2D eigenvalue weighted by atomic mass is 10.0. The summed E-state index contributed by atoms with van der Waals surface area (Å²) in [5, 5.41) is 2.56. The fraction of sp³-hybridized carbons (Fsp3) is 0.320. The van der Waals surface area contributed by atoms with Crippen LogP contribution in [0.5, 0.6) is 0 Å². The van der Waals surface area contributed by atoms with Gasteiger partial charge in [0, 0.05) is 49.4 Å². The van der Waals surface area contributed by atoms with Crippen LogP contribution in [0.2, 0.25) is 0 Å². The summed E-state index contributed by atoms with van der Waals surface area (Å²) < 4.78 is 0. The molecule has 5 rings (SSSR count). The fourth-order valence-corrected chi connectivity index (χ4v) is 4.78. The predicted molar refractivity (Wildman–Crippen MR) is 124 cm³/mol. The molecule has 158 valence electrons. The van der Waals surface area contributed by atoms with Gasteiger partial charge in [0.2, 0.25) is 5.91 Å². The van der Waals surface area contributed by atoms with Crippen molar-refractivity contribution in [3.05, 3.63) is 72.2 Å². The van der Waals surface area contributed by atoms with E-state index in [9.17, 15) is 4.79 Å². The van der Waals surface area contributed by atoms with E-state index in [0.29, 0.717) is 13.1 Å². The molecule has 0 spiro atoms. The Bertz CT molecular complexity index is 1150. The molecular weight excluding hydrogens is 386 g/mol. The Kier molecular flexibility index (Phi) is 5.06. The smallest absolute Gasteiger partial charge is 0.246 e. The number of fused-ring (bicyclic) bond motifs is 2. The van der Waals surface area contributed by atoms with Crippen molar-refractivity contribution in [3.8, 4) is 0 Å². The summed E-state index contributed by atoms with van der Waals surface area (Å²) in [4.78, 5) is 27.8. The molecule has 0 bridgehead atoms. The van der Waals surface area contributed by atoms with E-state index in [1.165, 1.54) is 33.7 Å². The summed E-state index contributed by atoms with van der Waals surface area (Å²) in [6.45, 7) is 10.5. The van der Waals surface area contributed by atoms with Gasteiger partial charge in [-0.15, -0.1) is 0 Å². The summed E-state index contributed by atoms with van der Waals surface area (Å²) in [5.74, 6) is 1.04. The number of amides is 1. The van der Waals surface area contributed by atoms with Gasteiger partial charge in [0.1, 0.15) is 12.1 Å². The molecule has 0 N–H and O–H groups in total. The first-order valence-electron chi connectivity index (χ1n) is 10.9. The minimum absolute atomic E-state index is 0.00499. The van der Waals surface area contributed by atoms with Crippen molar-refractivity contribution in [2.75, 3.05) is 42.5 Å². The number of aryl methyl sites for hydroxylation is 1. The Labute approximate surface area is 182 Å². The van der Waals surface area contributed by atoms with Gasteiger partial charge in [0.25, 0.3) is 0 Å². The Morgan fingerprint density at radius 1 is 1.03 bits per heavy atom. The number of rotatable bonds is 3. The quantitative estimate of drug-likeness (QED) is 0.617. The monoisotopic (exact) mass is 413 g/mol. The van der Waals surface area contributed by atoms with Crippen molar-refractivity contribution < 1.29 is 4.79 Å². The van der Waals surface area contributed by atoms with E-state index in [0.717, 1.165) is 44.1 Å². The standard InChI is InChI=1S/C25H27N5O/c1-3-24(31)28-10-12-29(13-11-28)25-21-8-9-30(16-22(21)26-17-27-25)23-15-18(2)14-19-6-4-5-7-20(19)23/h3-7,14-15,17H,1,8-13,16H2,2H3. The van der Waals surface area contributed by atoms with Gasteiger partial charge in [-0.25, -0.2) is 9.97 Å². The van der Waals surface area contributed by atoms with Crippen molar-refractivity contribution in [2.45, 2.75) is 19.9 Å². The van der Waals surface area contributed by atoms with Gasteiger partial charge in [0.05, 0.1) is 12.2 Å². The Hall–Kier alpha value is -3.41. The number of carbonyl (C=O) groups is 1. The number of anilines is 2. The molecular formula is C25H27N5O. The van der Waals surface area contributed by atoms with Crippen LogP contribution in [0, 0.1) is 6.92 Å². The van der Waals surface area contributed by atoms with Crippen LogP contribution in [0.15, 0.2) is 55.4 Å². The first kappa shape index (κ1) is 19.5. The summed E-state index contributed by atoms with van der Waals surface area (Å²) in [7, 11) is 0. The van der Waals surface area contributed by atoms with Gasteiger partial charge in [-0.2, -0.15) is 0 Å². The third-order valence-electron chi connectivity index (χ3n) is 6.37. The van der Waals surface area contributed by atoms with Crippen molar-refractivity contribution in [2.24, 2.45) is 0 Å². The highest BCUT2D eigenvalue weighted by Gasteiger charge is 2.27. The largest absolute Gasteiger partial charge is 0.365 e. The molecule has 6 heteroatoms. The molecule has 0 atom stereocenters. The zero-order valence-electron chi connectivity index (χ0n) is 17.9. The molecule has 2 aromatic carbocycles. The molecule has 3 aromatic rings. The molecule has 0 saturated carbocycles. The maximum absolute atomic E-state index is 11.9. The Morgan fingerprint density at radius 2 is 1.84 bits per heavy atom. The maximum atomic E-state index is 11.9. The van der Waals surface area contributed by atoms with E-state index in [1.54, 1.807) is 6.33 Å². The van der Waals surface area contributed by atoms with Crippen molar-refractivity contribution in [1.82, 2.24) is 14.9 Å². The lowest BCUT2D eigenvalue weighted by Gasteiger charge is -2.37. The number of aromatic nitrogens is 2. The summed E-state index contributed by atoms with van der Waals surface area (Å²) >= 11 is 0. The molecule has 1 amide bonds. The SMILES string of the molecule is C=CC(=O)N1CCN(c2ncnc3c2CCN(c2cc(C)cc4ccccc24)C3)CC1. The first-order valence-corrected chi connectivity index (χ1v) is 10.9. The second-order valence-electron chi connectivity index (χ2n) is 8.32. The van der Waals surface area contributed by atoms with Crippen LogP contribution in [0.25, 0.3) is 10.8 Å². The Morgan fingerprint density at radius 3 is 2.65 bits per heavy atom. The van der Waals surface area contributed by atoms with Gasteiger partial charge < -0.3 is 14.7 Å². The number of hydrogen-bond acceptors (Lipinski definition) is 5. The van der Waals surface area contributed by atoms with Gasteiger partial charge in [-0.3, -0.25) is 4.79 Å². The van der Waals surface area contributed by atoms with Crippen LogP contribution < -0.4 is 9.80 Å². The topological polar surface area (TPSA) is 52.6 Å². The summed E-state index contributed by atoms with van der Waals surface area (Å²) in [6, 6.07) is 13.1. The zero-order valence-corrected chi connectivity index (χ0v) is 17.9. The third-order valence-corrected chi connectivity index (χ3v) is 6.37. The van der Waals surface area contributed by atoms with Crippen LogP contribution >= 0.6 is 0 Å². The third kappa shape index (κ3) is 3.63. The van der Waals surface area contributed by atoms with Crippen molar-refractivity contribution in [1.29, 1.82) is 0 Å². The normalized spacial score (nSPS) is 16.4. The van der Waals surface area contributed by atoms with Crippen LogP contribution in [0.4, 0.5) is 11.5 Å². The van der Waals surface area contributed by atoms with E-state index in [2.05, 4.69) is 69.7 Å². The van der Waals surface area contributed by atoms with Crippen molar-refractivity contribution >= 4 is 28.2 Å². The summed E-state index contributed by atoms with van der Waals surface area (Å²) in [5.41, 5.74) is 4.90. The van der Waals surface area contributed by atoms with Crippen molar-refractivity contribution in [3.63, 3.8) is 0 Å². The molecule has 0 radical (unpaired) electrons. The number of benzene rings is 2. The molecule has 3 heterocycles. The van der Waals surface area contributed by atoms with E-state index >= 15 is 0 Å². The molecule has 2 aliphatic rings. The second-order valence-corrected chi connectivity index (χ2v) is 8.32. The van der Waals surface area contributed by atoms with E-state index in [4.69, 9.17) is 0 Å². The van der Waals surface area contributed by atoms with Gasteiger partial charge in [0.15, 0.2) is 0 Å². The van der Waals surface area contributed by atoms with Gasteiger partial charge in [-0.1, -0.05) is 36.9 Å². The average Bonchev–Trinajstić information content (AvgIpc) is 2.82. The molecule has 1 saturated heterocycles. The highest BCUT2D eigenvalue weighted by atomic mass is 16.2. The molecule has 1 fully saturated rings. The number of piperazine rings is 1. The molecule has 1 aromatic heterocycles. The van der Waals surface area contributed by atoms with Gasteiger partial charge >= 0.3 is 0 Å².